The predicted octanol–water partition coefficient (Wildman–Crippen LogP) is 5.22. The lowest BCUT2D eigenvalue weighted by Gasteiger charge is -2.30. The number of nitrogens with zero attached hydrogens (tertiary/aromatic N) is 1. The molecule has 0 saturated heterocycles. The Morgan fingerprint density at radius 2 is 1.73 bits per heavy atom. The van der Waals surface area contributed by atoms with Gasteiger partial charge in [0.1, 0.15) is 5.75 Å². The van der Waals surface area contributed by atoms with Crippen LogP contribution < -0.4 is 20.3 Å². The number of carbonyl (C=O) groups excluding carboxylic acids is 2. The molecule has 1 aliphatic heterocycles. The zero-order valence-electron chi connectivity index (χ0n) is 16.3. The molecule has 152 valence electrons. The average molecular weight is 422 g/mol. The van der Waals surface area contributed by atoms with Gasteiger partial charge in [-0.2, -0.15) is 0 Å². The summed E-state index contributed by atoms with van der Waals surface area (Å²) < 4.78 is 5.57. The highest BCUT2D eigenvalue weighted by molar-refractivity contribution is 6.30. The summed E-state index contributed by atoms with van der Waals surface area (Å²) in [6.45, 7) is 2.44. The molecule has 1 heterocycles. The molecule has 3 amide bonds. The lowest BCUT2D eigenvalue weighted by Crippen LogP contribution is -2.38. The number of urea groups is 1. The SMILES string of the molecule is Cc1ccccc1CN1C(=O)COc2ccc(NC(=O)Nc3ccc(Cl)cc3)cc21. The average Bonchev–Trinajstić information content (AvgIpc) is 2.73. The molecule has 1 aliphatic rings. The van der Waals surface area contributed by atoms with Gasteiger partial charge in [0.15, 0.2) is 6.61 Å². The molecule has 3 aromatic rings. The van der Waals surface area contributed by atoms with E-state index in [2.05, 4.69) is 10.6 Å². The number of halogens is 1. The third-order valence-electron chi connectivity index (χ3n) is 4.85. The minimum absolute atomic E-state index is 0.0112. The zero-order chi connectivity index (χ0) is 21.1. The molecule has 0 bridgehead atoms. The van der Waals surface area contributed by atoms with Gasteiger partial charge in [-0.3, -0.25) is 4.79 Å². The molecule has 3 aromatic carbocycles. The molecule has 0 atom stereocenters. The Morgan fingerprint density at radius 3 is 2.50 bits per heavy atom. The molecule has 6 nitrogen and oxygen atoms in total. The summed E-state index contributed by atoms with van der Waals surface area (Å²) in [6, 6.07) is 19.6. The topological polar surface area (TPSA) is 70.7 Å². The number of hydrogen-bond acceptors (Lipinski definition) is 3. The molecule has 0 saturated carbocycles. The van der Waals surface area contributed by atoms with Crippen LogP contribution in [0.5, 0.6) is 5.75 Å². The highest BCUT2D eigenvalue weighted by atomic mass is 35.5. The van der Waals surface area contributed by atoms with Crippen molar-refractivity contribution >= 4 is 40.6 Å². The molecule has 30 heavy (non-hydrogen) atoms. The Bertz CT molecular complexity index is 1100. The Balaban J connectivity index is 1.54. The van der Waals surface area contributed by atoms with E-state index < -0.39 is 6.03 Å². The molecular weight excluding hydrogens is 402 g/mol. The maximum absolute atomic E-state index is 12.6. The van der Waals surface area contributed by atoms with Gasteiger partial charge in [-0.1, -0.05) is 35.9 Å². The molecule has 2 N–H and O–H groups in total. The summed E-state index contributed by atoms with van der Waals surface area (Å²) >= 11 is 5.87. The number of ether oxygens (including phenoxy) is 1. The number of anilines is 3. The van der Waals surface area contributed by atoms with E-state index in [4.69, 9.17) is 16.3 Å². The maximum Gasteiger partial charge on any atom is 0.323 e. The van der Waals surface area contributed by atoms with Gasteiger partial charge in [0.05, 0.1) is 12.2 Å². The van der Waals surface area contributed by atoms with Crippen LogP contribution in [0.4, 0.5) is 21.9 Å². The Labute approximate surface area is 179 Å². The summed E-state index contributed by atoms with van der Waals surface area (Å²) in [5.74, 6) is 0.473. The highest BCUT2D eigenvalue weighted by Crippen LogP contribution is 2.35. The van der Waals surface area contributed by atoms with E-state index in [-0.39, 0.29) is 12.5 Å². The minimum Gasteiger partial charge on any atom is -0.482 e. The van der Waals surface area contributed by atoms with Crippen LogP contribution >= 0.6 is 11.6 Å². The second kappa shape index (κ2) is 8.47. The van der Waals surface area contributed by atoms with Crippen molar-refractivity contribution in [3.8, 4) is 5.75 Å². The van der Waals surface area contributed by atoms with Crippen molar-refractivity contribution in [1.82, 2.24) is 0 Å². The highest BCUT2D eigenvalue weighted by Gasteiger charge is 2.26. The van der Waals surface area contributed by atoms with Gasteiger partial charge in [0.2, 0.25) is 0 Å². The Hall–Kier alpha value is -3.51. The number of fused-ring (bicyclic) bond motifs is 1. The van der Waals surface area contributed by atoms with Crippen molar-refractivity contribution in [2.24, 2.45) is 0 Å². The van der Waals surface area contributed by atoms with Gasteiger partial charge in [-0.05, 0) is 60.5 Å². The van der Waals surface area contributed by atoms with Gasteiger partial charge in [-0.25, -0.2) is 4.79 Å². The number of amides is 3. The molecule has 0 aromatic heterocycles. The van der Waals surface area contributed by atoms with Crippen LogP contribution in [-0.2, 0) is 11.3 Å². The smallest absolute Gasteiger partial charge is 0.323 e. The van der Waals surface area contributed by atoms with Crippen LogP contribution in [0.3, 0.4) is 0 Å². The number of benzene rings is 3. The lowest BCUT2D eigenvalue weighted by atomic mass is 10.1. The lowest BCUT2D eigenvalue weighted by molar-refractivity contribution is -0.121. The van der Waals surface area contributed by atoms with Gasteiger partial charge in [0, 0.05) is 16.4 Å². The fraction of sp³-hybridized carbons (Fsp3) is 0.130. The quantitative estimate of drug-likeness (QED) is 0.606. The third-order valence-corrected chi connectivity index (χ3v) is 5.10. The zero-order valence-corrected chi connectivity index (χ0v) is 17.1. The second-order valence-corrected chi connectivity index (χ2v) is 7.40. The Morgan fingerprint density at radius 1 is 1.03 bits per heavy atom. The summed E-state index contributed by atoms with van der Waals surface area (Å²) in [7, 11) is 0. The molecular formula is C23H20ClN3O3. The van der Waals surface area contributed by atoms with Gasteiger partial charge >= 0.3 is 6.03 Å². The van der Waals surface area contributed by atoms with E-state index in [1.165, 1.54) is 0 Å². The predicted molar refractivity (Wildman–Crippen MR) is 118 cm³/mol. The van der Waals surface area contributed by atoms with E-state index in [0.29, 0.717) is 34.4 Å². The minimum atomic E-state index is -0.397. The molecule has 0 radical (unpaired) electrons. The van der Waals surface area contributed by atoms with Gasteiger partial charge in [0.25, 0.3) is 5.91 Å². The summed E-state index contributed by atoms with van der Waals surface area (Å²) in [5, 5.41) is 6.13. The number of nitrogens with one attached hydrogen (secondary N) is 2. The summed E-state index contributed by atoms with van der Waals surface area (Å²) in [5.41, 5.74) is 3.95. The first kappa shape index (κ1) is 19.8. The first-order valence-corrected chi connectivity index (χ1v) is 9.83. The third kappa shape index (κ3) is 4.39. The van der Waals surface area contributed by atoms with Crippen molar-refractivity contribution in [3.63, 3.8) is 0 Å². The first-order chi connectivity index (χ1) is 14.5. The molecule has 0 spiro atoms. The van der Waals surface area contributed by atoms with Crippen molar-refractivity contribution in [2.75, 3.05) is 22.1 Å². The van der Waals surface area contributed by atoms with E-state index in [9.17, 15) is 9.59 Å². The van der Waals surface area contributed by atoms with E-state index in [0.717, 1.165) is 11.1 Å². The fourth-order valence-electron chi connectivity index (χ4n) is 3.24. The molecule has 4 rings (SSSR count). The molecule has 0 fully saturated rings. The molecule has 0 aliphatic carbocycles. The normalized spacial score (nSPS) is 12.7. The number of rotatable bonds is 4. The van der Waals surface area contributed by atoms with Gasteiger partial charge in [-0.15, -0.1) is 0 Å². The van der Waals surface area contributed by atoms with E-state index >= 15 is 0 Å². The number of carbonyl (C=O) groups is 2. The maximum atomic E-state index is 12.6. The summed E-state index contributed by atoms with van der Waals surface area (Å²) in [6.07, 6.45) is 0. The number of hydrogen-bond donors (Lipinski definition) is 2. The van der Waals surface area contributed by atoms with E-state index in [1.54, 1.807) is 47.4 Å². The Kier molecular flexibility index (Phi) is 5.59. The standard InChI is InChI=1S/C23H20ClN3O3/c1-15-4-2-3-5-16(15)13-27-20-12-19(10-11-21(20)30-14-22(27)28)26-23(29)25-18-8-6-17(24)7-9-18/h2-12H,13-14H2,1H3,(H2,25,26,29). The van der Waals surface area contributed by atoms with Crippen LogP contribution in [0.1, 0.15) is 11.1 Å². The van der Waals surface area contributed by atoms with Crippen molar-refractivity contribution < 1.29 is 14.3 Å². The van der Waals surface area contributed by atoms with Crippen LogP contribution in [0, 0.1) is 6.92 Å². The molecule has 7 heteroatoms. The van der Waals surface area contributed by atoms with E-state index in [1.807, 2.05) is 31.2 Å². The largest absolute Gasteiger partial charge is 0.482 e. The van der Waals surface area contributed by atoms with Crippen LogP contribution in [0.15, 0.2) is 66.7 Å². The summed E-state index contributed by atoms with van der Waals surface area (Å²) in [4.78, 5) is 26.6. The van der Waals surface area contributed by atoms with Crippen LogP contribution in [0.2, 0.25) is 5.02 Å². The van der Waals surface area contributed by atoms with Crippen molar-refractivity contribution in [1.29, 1.82) is 0 Å². The van der Waals surface area contributed by atoms with Crippen molar-refractivity contribution in [3.05, 3.63) is 82.9 Å². The van der Waals surface area contributed by atoms with Gasteiger partial charge < -0.3 is 20.3 Å². The van der Waals surface area contributed by atoms with Crippen molar-refractivity contribution in [2.45, 2.75) is 13.5 Å². The molecule has 0 unspecified atom stereocenters. The van der Waals surface area contributed by atoms with Crippen LogP contribution in [-0.4, -0.2) is 18.5 Å². The monoisotopic (exact) mass is 421 g/mol. The second-order valence-electron chi connectivity index (χ2n) is 6.96. The number of aryl methyl sites for hydroxylation is 1. The fourth-order valence-corrected chi connectivity index (χ4v) is 3.36. The first-order valence-electron chi connectivity index (χ1n) is 9.45. The van der Waals surface area contributed by atoms with Crippen LogP contribution in [0.25, 0.3) is 0 Å².